The Balaban J connectivity index is 2.21. The van der Waals surface area contributed by atoms with Crippen LogP contribution in [0.25, 0.3) is 0 Å². The van der Waals surface area contributed by atoms with E-state index >= 15 is 0 Å². The number of halogens is 4. The van der Waals surface area contributed by atoms with Gasteiger partial charge in [-0.1, -0.05) is 23.7 Å². The van der Waals surface area contributed by atoms with Gasteiger partial charge in [0.1, 0.15) is 6.54 Å². The molecule has 0 saturated heterocycles. The van der Waals surface area contributed by atoms with E-state index in [4.69, 9.17) is 21.1 Å². The second-order valence-electron chi connectivity index (χ2n) is 6.33. The highest BCUT2D eigenvalue weighted by atomic mass is 35.5. The smallest absolute Gasteiger partial charge is 0.418 e. The lowest BCUT2D eigenvalue weighted by Gasteiger charge is -2.22. The molecule has 2 amide bonds. The highest BCUT2D eigenvalue weighted by Crippen LogP contribution is 2.37. The molecule has 0 fully saturated rings. The van der Waals surface area contributed by atoms with Crippen molar-refractivity contribution in [3.05, 3.63) is 52.5 Å². The second kappa shape index (κ2) is 10.4. The lowest BCUT2D eigenvalue weighted by atomic mass is 10.1. The Morgan fingerprint density at radius 1 is 1.16 bits per heavy atom. The summed E-state index contributed by atoms with van der Waals surface area (Å²) in [6.07, 6.45) is -4.63. The Morgan fingerprint density at radius 2 is 1.84 bits per heavy atom. The standard InChI is InChI=1S/C21H22ClF3N2O4/c1-4-27(12-18(28)26-16-9-7-6-8-14(16)21(23,24)25)20(29)13-10-15(22)19(31-5-2)17(11-13)30-3/h6-11H,4-5,12H2,1-3H3,(H,26,28). The van der Waals surface area contributed by atoms with Crippen molar-refractivity contribution in [1.29, 1.82) is 0 Å². The minimum atomic E-state index is -4.63. The van der Waals surface area contributed by atoms with Crippen LogP contribution in [-0.4, -0.2) is 43.5 Å². The Bertz CT molecular complexity index is 951. The first-order valence-corrected chi connectivity index (χ1v) is 9.75. The number of ether oxygens (including phenoxy) is 2. The van der Waals surface area contributed by atoms with Crippen LogP contribution < -0.4 is 14.8 Å². The van der Waals surface area contributed by atoms with Crippen LogP contribution >= 0.6 is 11.6 Å². The summed E-state index contributed by atoms with van der Waals surface area (Å²) in [6, 6.07) is 7.43. The fraction of sp³-hybridized carbons (Fsp3) is 0.333. The quantitative estimate of drug-likeness (QED) is 0.613. The zero-order chi connectivity index (χ0) is 23.2. The first-order chi connectivity index (χ1) is 14.6. The maximum absolute atomic E-state index is 13.1. The zero-order valence-corrected chi connectivity index (χ0v) is 17.9. The Labute approximate surface area is 182 Å². The molecule has 31 heavy (non-hydrogen) atoms. The van der Waals surface area contributed by atoms with Crippen LogP contribution in [0.2, 0.25) is 5.02 Å². The van der Waals surface area contributed by atoms with Gasteiger partial charge in [-0.3, -0.25) is 9.59 Å². The number of benzene rings is 2. The average molecular weight is 459 g/mol. The molecule has 6 nitrogen and oxygen atoms in total. The van der Waals surface area contributed by atoms with E-state index in [1.54, 1.807) is 13.8 Å². The molecule has 2 aromatic rings. The van der Waals surface area contributed by atoms with Crippen molar-refractivity contribution in [2.75, 3.05) is 32.1 Å². The largest absolute Gasteiger partial charge is 0.493 e. The molecule has 0 aliphatic carbocycles. The summed E-state index contributed by atoms with van der Waals surface area (Å²) in [4.78, 5) is 26.5. The minimum absolute atomic E-state index is 0.139. The monoisotopic (exact) mass is 458 g/mol. The molecule has 0 radical (unpaired) electrons. The Kier molecular flexibility index (Phi) is 8.15. The van der Waals surface area contributed by atoms with Crippen LogP contribution in [0, 0.1) is 0 Å². The molecule has 0 unspecified atom stereocenters. The third kappa shape index (κ3) is 6.04. The maximum atomic E-state index is 13.1. The van der Waals surface area contributed by atoms with E-state index in [9.17, 15) is 22.8 Å². The minimum Gasteiger partial charge on any atom is -0.493 e. The van der Waals surface area contributed by atoms with Crippen molar-refractivity contribution in [3.8, 4) is 11.5 Å². The molecule has 0 aromatic heterocycles. The van der Waals surface area contributed by atoms with E-state index in [-0.39, 0.29) is 34.3 Å². The van der Waals surface area contributed by atoms with Crippen molar-refractivity contribution in [2.45, 2.75) is 20.0 Å². The van der Waals surface area contributed by atoms with Gasteiger partial charge in [-0.25, -0.2) is 0 Å². The van der Waals surface area contributed by atoms with Gasteiger partial charge in [-0.05, 0) is 38.1 Å². The molecule has 10 heteroatoms. The number of hydrogen-bond donors (Lipinski definition) is 1. The number of anilines is 1. The Hall–Kier alpha value is -2.94. The fourth-order valence-electron chi connectivity index (χ4n) is 2.84. The molecule has 0 bridgehead atoms. The lowest BCUT2D eigenvalue weighted by Crippen LogP contribution is -2.38. The predicted octanol–water partition coefficient (Wildman–Crippen LogP) is 4.87. The number of alkyl halides is 3. The van der Waals surface area contributed by atoms with Crippen LogP contribution in [0.1, 0.15) is 29.8 Å². The SMILES string of the molecule is CCOc1c(Cl)cc(C(=O)N(CC)CC(=O)Nc2ccccc2C(F)(F)F)cc1OC. The summed E-state index contributed by atoms with van der Waals surface area (Å²) < 4.78 is 50.0. The summed E-state index contributed by atoms with van der Waals surface area (Å²) in [7, 11) is 1.39. The van der Waals surface area contributed by atoms with Crippen molar-refractivity contribution in [3.63, 3.8) is 0 Å². The number of rotatable bonds is 8. The maximum Gasteiger partial charge on any atom is 0.418 e. The molecule has 2 aromatic carbocycles. The van der Waals surface area contributed by atoms with E-state index in [1.807, 2.05) is 0 Å². The van der Waals surface area contributed by atoms with Gasteiger partial charge in [0.05, 0.1) is 30.0 Å². The van der Waals surface area contributed by atoms with Gasteiger partial charge >= 0.3 is 6.18 Å². The molecule has 2 rings (SSSR count). The predicted molar refractivity (Wildman–Crippen MR) is 111 cm³/mol. The van der Waals surface area contributed by atoms with E-state index in [2.05, 4.69) is 5.32 Å². The van der Waals surface area contributed by atoms with Crippen LogP contribution in [0.3, 0.4) is 0 Å². The fourth-order valence-corrected chi connectivity index (χ4v) is 3.11. The van der Waals surface area contributed by atoms with Gasteiger partial charge in [-0.15, -0.1) is 0 Å². The number of para-hydroxylation sites is 1. The van der Waals surface area contributed by atoms with Crippen LogP contribution in [-0.2, 0) is 11.0 Å². The molecule has 0 spiro atoms. The van der Waals surface area contributed by atoms with Crippen LogP contribution in [0.5, 0.6) is 11.5 Å². The van der Waals surface area contributed by atoms with Gasteiger partial charge < -0.3 is 19.7 Å². The number of carbonyl (C=O) groups excluding carboxylic acids is 2. The number of hydrogen-bond acceptors (Lipinski definition) is 4. The van der Waals surface area contributed by atoms with Crippen molar-refractivity contribution >= 4 is 29.1 Å². The third-order valence-corrected chi connectivity index (χ3v) is 4.56. The molecule has 0 atom stereocenters. The van der Waals surface area contributed by atoms with Crippen molar-refractivity contribution < 1.29 is 32.2 Å². The summed E-state index contributed by atoms with van der Waals surface area (Å²) in [6.45, 7) is 3.43. The first kappa shape index (κ1) is 24.3. The zero-order valence-electron chi connectivity index (χ0n) is 17.2. The normalized spacial score (nSPS) is 11.1. The summed E-state index contributed by atoms with van der Waals surface area (Å²) >= 11 is 6.20. The summed E-state index contributed by atoms with van der Waals surface area (Å²) in [5.74, 6) is -0.772. The van der Waals surface area contributed by atoms with Gasteiger partial charge in [0, 0.05) is 12.1 Å². The van der Waals surface area contributed by atoms with E-state index in [0.717, 1.165) is 12.1 Å². The summed E-state index contributed by atoms with van der Waals surface area (Å²) in [5.41, 5.74) is -1.20. The number of amides is 2. The average Bonchev–Trinajstić information content (AvgIpc) is 2.72. The highest BCUT2D eigenvalue weighted by Gasteiger charge is 2.33. The molecule has 0 heterocycles. The van der Waals surface area contributed by atoms with Gasteiger partial charge in [0.15, 0.2) is 11.5 Å². The molecule has 168 valence electrons. The van der Waals surface area contributed by atoms with E-state index in [1.165, 1.54) is 36.3 Å². The first-order valence-electron chi connectivity index (χ1n) is 9.38. The molecule has 0 saturated carbocycles. The number of nitrogens with zero attached hydrogens (tertiary/aromatic N) is 1. The lowest BCUT2D eigenvalue weighted by molar-refractivity contribution is -0.137. The molecule has 0 aliphatic rings. The second-order valence-corrected chi connectivity index (χ2v) is 6.74. The van der Waals surface area contributed by atoms with Gasteiger partial charge in [-0.2, -0.15) is 13.2 Å². The molecular formula is C21H22ClF3N2O4. The molecule has 0 aliphatic heterocycles. The van der Waals surface area contributed by atoms with Crippen LogP contribution in [0.15, 0.2) is 36.4 Å². The third-order valence-electron chi connectivity index (χ3n) is 4.28. The number of methoxy groups -OCH3 is 1. The van der Waals surface area contributed by atoms with Crippen molar-refractivity contribution in [2.24, 2.45) is 0 Å². The Morgan fingerprint density at radius 3 is 2.42 bits per heavy atom. The number of likely N-dealkylation sites (N-methyl/N-ethyl adjacent to an activating group) is 1. The van der Waals surface area contributed by atoms with Crippen molar-refractivity contribution in [1.82, 2.24) is 4.90 Å². The van der Waals surface area contributed by atoms with Gasteiger partial charge in [0.2, 0.25) is 5.91 Å². The van der Waals surface area contributed by atoms with E-state index < -0.39 is 30.1 Å². The molecular weight excluding hydrogens is 437 g/mol. The van der Waals surface area contributed by atoms with Gasteiger partial charge in [0.25, 0.3) is 5.91 Å². The number of carbonyl (C=O) groups is 2. The topological polar surface area (TPSA) is 67.9 Å². The number of nitrogens with one attached hydrogen (secondary N) is 1. The highest BCUT2D eigenvalue weighted by molar-refractivity contribution is 6.32. The summed E-state index contributed by atoms with van der Waals surface area (Å²) in [5, 5.41) is 2.38. The van der Waals surface area contributed by atoms with E-state index in [0.29, 0.717) is 6.61 Å². The molecule has 1 N–H and O–H groups in total. The van der Waals surface area contributed by atoms with Crippen LogP contribution in [0.4, 0.5) is 18.9 Å².